The van der Waals surface area contributed by atoms with Crippen LogP contribution in [0, 0.1) is 0 Å². The maximum absolute atomic E-state index is 6.05. The Morgan fingerprint density at radius 2 is 1.81 bits per heavy atom. The van der Waals surface area contributed by atoms with Crippen LogP contribution in [0.4, 0.5) is 0 Å². The third-order valence-electron chi connectivity index (χ3n) is 4.56. The molecule has 0 amide bonds. The molecule has 0 unspecified atom stereocenters. The SMILES string of the molecule is CNN(C)NCCOc1nc(-c2ccccc2)cc2c1[nH]c1ccccc12. The van der Waals surface area contributed by atoms with Crippen molar-refractivity contribution in [2.24, 2.45) is 0 Å². The highest BCUT2D eigenvalue weighted by Gasteiger charge is 2.13. The molecule has 0 spiro atoms. The summed E-state index contributed by atoms with van der Waals surface area (Å²) in [5, 5.41) is 4.08. The van der Waals surface area contributed by atoms with Gasteiger partial charge in [0.25, 0.3) is 0 Å². The molecule has 0 aliphatic rings. The number of hydrogen-bond acceptors (Lipinski definition) is 5. The molecule has 2 heterocycles. The number of benzene rings is 2. The minimum atomic E-state index is 0.502. The number of rotatable bonds is 7. The first-order chi connectivity index (χ1) is 13.3. The van der Waals surface area contributed by atoms with Gasteiger partial charge in [0.2, 0.25) is 5.88 Å². The Bertz CT molecular complexity index is 1040. The van der Waals surface area contributed by atoms with Crippen molar-refractivity contribution in [3.8, 4) is 17.1 Å². The van der Waals surface area contributed by atoms with E-state index in [0.29, 0.717) is 19.0 Å². The molecule has 0 radical (unpaired) electrons. The van der Waals surface area contributed by atoms with E-state index in [9.17, 15) is 0 Å². The summed E-state index contributed by atoms with van der Waals surface area (Å²) in [5.41, 5.74) is 10.2. The lowest BCUT2D eigenvalue weighted by Gasteiger charge is -2.16. The Balaban J connectivity index is 1.73. The average Bonchev–Trinajstić information content (AvgIpc) is 3.10. The van der Waals surface area contributed by atoms with Gasteiger partial charge in [-0.2, -0.15) is 5.12 Å². The Morgan fingerprint density at radius 1 is 1.04 bits per heavy atom. The molecule has 2 aromatic heterocycles. The number of fused-ring (bicyclic) bond motifs is 3. The Labute approximate surface area is 158 Å². The first-order valence-corrected chi connectivity index (χ1v) is 9.00. The molecule has 4 aromatic rings. The van der Waals surface area contributed by atoms with E-state index in [1.165, 1.54) is 5.39 Å². The van der Waals surface area contributed by atoms with Gasteiger partial charge >= 0.3 is 0 Å². The van der Waals surface area contributed by atoms with Crippen molar-refractivity contribution in [3.05, 3.63) is 60.7 Å². The summed E-state index contributed by atoms with van der Waals surface area (Å²) < 4.78 is 6.05. The first-order valence-electron chi connectivity index (χ1n) is 9.00. The number of para-hydroxylation sites is 1. The highest BCUT2D eigenvalue weighted by atomic mass is 16.5. The van der Waals surface area contributed by atoms with Gasteiger partial charge in [0.15, 0.2) is 0 Å². The van der Waals surface area contributed by atoms with Crippen LogP contribution in [0.5, 0.6) is 5.88 Å². The summed E-state index contributed by atoms with van der Waals surface area (Å²) in [7, 11) is 3.76. The minimum absolute atomic E-state index is 0.502. The first kappa shape index (κ1) is 17.5. The fraction of sp³-hybridized carbons (Fsp3) is 0.190. The van der Waals surface area contributed by atoms with Crippen LogP contribution in [-0.2, 0) is 0 Å². The van der Waals surface area contributed by atoms with Crippen LogP contribution in [0.2, 0.25) is 0 Å². The van der Waals surface area contributed by atoms with E-state index >= 15 is 0 Å². The van der Waals surface area contributed by atoms with Crippen molar-refractivity contribution < 1.29 is 4.74 Å². The fourth-order valence-electron chi connectivity index (χ4n) is 3.12. The van der Waals surface area contributed by atoms with E-state index in [2.05, 4.69) is 52.2 Å². The van der Waals surface area contributed by atoms with Crippen LogP contribution in [0.15, 0.2) is 60.7 Å². The second-order valence-corrected chi connectivity index (χ2v) is 6.31. The molecule has 0 atom stereocenters. The third kappa shape index (κ3) is 3.64. The number of hydrogen-bond donors (Lipinski definition) is 3. The number of aromatic amines is 1. The lowest BCUT2D eigenvalue weighted by Crippen LogP contribution is -2.44. The molecule has 0 aliphatic heterocycles. The Kier molecular flexibility index (Phi) is 5.02. The van der Waals surface area contributed by atoms with E-state index in [1.54, 1.807) is 5.12 Å². The van der Waals surface area contributed by atoms with Crippen molar-refractivity contribution in [1.29, 1.82) is 0 Å². The number of nitrogens with one attached hydrogen (secondary N) is 3. The zero-order valence-corrected chi connectivity index (χ0v) is 15.5. The molecule has 27 heavy (non-hydrogen) atoms. The summed E-state index contributed by atoms with van der Waals surface area (Å²) in [6.45, 7) is 1.16. The van der Waals surface area contributed by atoms with Gasteiger partial charge in [-0.15, -0.1) is 0 Å². The summed E-state index contributed by atoms with van der Waals surface area (Å²) in [4.78, 5) is 8.25. The van der Waals surface area contributed by atoms with Crippen LogP contribution in [0.3, 0.4) is 0 Å². The fourth-order valence-corrected chi connectivity index (χ4v) is 3.12. The lowest BCUT2D eigenvalue weighted by molar-refractivity contribution is 0.155. The molecule has 0 saturated heterocycles. The molecule has 0 saturated carbocycles. The largest absolute Gasteiger partial charge is 0.475 e. The quantitative estimate of drug-likeness (QED) is 0.348. The van der Waals surface area contributed by atoms with E-state index in [4.69, 9.17) is 9.72 Å². The number of aromatic nitrogens is 2. The standard InChI is InChI=1S/C21H23N5O/c1-22-26(2)23-12-13-27-21-20-17(16-10-6-7-11-18(16)24-20)14-19(25-21)15-8-4-3-5-9-15/h3-11,14,22-24H,12-13H2,1-2H3. The second-order valence-electron chi connectivity index (χ2n) is 6.31. The summed E-state index contributed by atoms with van der Waals surface area (Å²) in [6, 6.07) is 20.6. The van der Waals surface area contributed by atoms with Gasteiger partial charge in [-0.05, 0) is 12.1 Å². The van der Waals surface area contributed by atoms with Crippen LogP contribution in [-0.4, -0.2) is 42.3 Å². The molecule has 2 aromatic carbocycles. The maximum Gasteiger partial charge on any atom is 0.239 e. The zero-order valence-electron chi connectivity index (χ0n) is 15.5. The number of H-pyrrole nitrogens is 1. The minimum Gasteiger partial charge on any atom is -0.475 e. The predicted molar refractivity (Wildman–Crippen MR) is 109 cm³/mol. The van der Waals surface area contributed by atoms with Crippen molar-refractivity contribution in [3.63, 3.8) is 0 Å². The zero-order chi connectivity index (χ0) is 18.6. The summed E-state index contributed by atoms with van der Waals surface area (Å²) in [5.74, 6) is 0.622. The smallest absolute Gasteiger partial charge is 0.239 e. The summed E-state index contributed by atoms with van der Waals surface area (Å²) in [6.07, 6.45) is 0. The van der Waals surface area contributed by atoms with Gasteiger partial charge in [0.1, 0.15) is 12.1 Å². The highest BCUT2D eigenvalue weighted by molar-refractivity contribution is 6.09. The van der Waals surface area contributed by atoms with Crippen molar-refractivity contribution in [1.82, 2.24) is 25.9 Å². The highest BCUT2D eigenvalue weighted by Crippen LogP contribution is 2.33. The molecular formula is C21H23N5O. The Morgan fingerprint density at radius 3 is 2.63 bits per heavy atom. The van der Waals surface area contributed by atoms with Crippen molar-refractivity contribution in [2.75, 3.05) is 27.2 Å². The van der Waals surface area contributed by atoms with Crippen LogP contribution >= 0.6 is 0 Å². The number of hydrazine groups is 2. The van der Waals surface area contributed by atoms with Gasteiger partial charge in [-0.25, -0.2) is 15.8 Å². The monoisotopic (exact) mass is 361 g/mol. The van der Waals surface area contributed by atoms with Gasteiger partial charge in [-0.3, -0.25) is 0 Å². The molecule has 138 valence electrons. The second kappa shape index (κ2) is 7.75. The molecule has 0 aliphatic carbocycles. The van der Waals surface area contributed by atoms with Gasteiger partial charge in [0.05, 0.1) is 5.69 Å². The molecular weight excluding hydrogens is 338 g/mol. The third-order valence-corrected chi connectivity index (χ3v) is 4.56. The van der Waals surface area contributed by atoms with Gasteiger partial charge in [-0.1, -0.05) is 48.5 Å². The molecule has 3 N–H and O–H groups in total. The van der Waals surface area contributed by atoms with Crippen LogP contribution in [0.25, 0.3) is 33.1 Å². The van der Waals surface area contributed by atoms with Crippen molar-refractivity contribution in [2.45, 2.75) is 0 Å². The molecule has 6 heteroatoms. The lowest BCUT2D eigenvalue weighted by atomic mass is 10.1. The molecule has 6 nitrogen and oxygen atoms in total. The Hall–Kier alpha value is -2.93. The predicted octanol–water partition coefficient (Wildman–Crippen LogP) is 3.33. The topological polar surface area (TPSA) is 65.2 Å². The number of ether oxygens (including phenoxy) is 1. The normalized spacial score (nSPS) is 11.5. The van der Waals surface area contributed by atoms with Crippen LogP contribution < -0.4 is 15.6 Å². The average molecular weight is 361 g/mol. The molecule has 4 rings (SSSR count). The van der Waals surface area contributed by atoms with Gasteiger partial charge in [0, 0.05) is 42.5 Å². The number of pyridine rings is 1. The molecule has 0 bridgehead atoms. The van der Waals surface area contributed by atoms with Gasteiger partial charge < -0.3 is 9.72 Å². The van der Waals surface area contributed by atoms with E-state index in [0.717, 1.165) is 27.7 Å². The summed E-state index contributed by atoms with van der Waals surface area (Å²) >= 11 is 0. The maximum atomic E-state index is 6.05. The number of nitrogens with zero attached hydrogens (tertiary/aromatic N) is 2. The van der Waals surface area contributed by atoms with E-state index in [1.807, 2.05) is 38.4 Å². The van der Waals surface area contributed by atoms with E-state index in [-0.39, 0.29) is 0 Å². The van der Waals surface area contributed by atoms with Crippen LogP contribution in [0.1, 0.15) is 0 Å². The molecule has 0 fully saturated rings. The van der Waals surface area contributed by atoms with E-state index < -0.39 is 0 Å². The van der Waals surface area contributed by atoms with Crippen molar-refractivity contribution >= 4 is 21.8 Å².